The van der Waals surface area contributed by atoms with Crippen molar-refractivity contribution in [2.45, 2.75) is 59.1 Å². The number of rotatable bonds is 12. The molecule has 1 amide bonds. The van der Waals surface area contributed by atoms with E-state index in [-0.39, 0.29) is 31.6 Å². The Bertz CT molecular complexity index is 998. The van der Waals surface area contributed by atoms with E-state index >= 15 is 0 Å². The number of carbonyl (C=O) groups is 2. The predicted octanol–water partition coefficient (Wildman–Crippen LogP) is 3.12. The van der Waals surface area contributed by atoms with Gasteiger partial charge in [-0.1, -0.05) is 26.0 Å². The first-order chi connectivity index (χ1) is 16.5. The third kappa shape index (κ3) is 8.26. The van der Waals surface area contributed by atoms with Gasteiger partial charge in [0.2, 0.25) is 5.91 Å². The van der Waals surface area contributed by atoms with Crippen molar-refractivity contribution in [3.8, 4) is 11.5 Å². The van der Waals surface area contributed by atoms with E-state index in [9.17, 15) is 14.7 Å². The Balaban J connectivity index is 1.87. The first-order valence-electron chi connectivity index (χ1n) is 11.8. The second kappa shape index (κ2) is 13.1. The fourth-order valence-electron chi connectivity index (χ4n) is 3.70. The van der Waals surface area contributed by atoms with E-state index in [1.165, 1.54) is 12.7 Å². The van der Waals surface area contributed by atoms with Crippen LogP contribution < -0.4 is 15.8 Å². The predicted molar refractivity (Wildman–Crippen MR) is 135 cm³/mol. The molecule has 4 N–H and O–H groups in total. The molecule has 8 nitrogen and oxygen atoms in total. The molecule has 8 heteroatoms. The lowest BCUT2D eigenvalue weighted by Gasteiger charge is -2.17. The zero-order valence-corrected chi connectivity index (χ0v) is 21.5. The highest BCUT2D eigenvalue weighted by molar-refractivity contribution is 5.82. The van der Waals surface area contributed by atoms with Gasteiger partial charge in [0.1, 0.15) is 24.1 Å². The van der Waals surface area contributed by atoms with Gasteiger partial charge in [-0.3, -0.25) is 4.79 Å². The van der Waals surface area contributed by atoms with E-state index in [0.717, 1.165) is 28.7 Å². The minimum absolute atomic E-state index is 0.0179. The summed E-state index contributed by atoms with van der Waals surface area (Å²) in [5, 5.41) is 12.7. The molecule has 0 radical (unpaired) electrons. The van der Waals surface area contributed by atoms with Crippen LogP contribution in [0.1, 0.15) is 54.5 Å². The van der Waals surface area contributed by atoms with E-state index in [1.807, 2.05) is 38.1 Å². The molecule has 35 heavy (non-hydrogen) atoms. The van der Waals surface area contributed by atoms with Crippen LogP contribution in [-0.2, 0) is 25.5 Å². The smallest absolute Gasteiger partial charge is 0.344 e. The van der Waals surface area contributed by atoms with Crippen LogP contribution in [0.5, 0.6) is 11.5 Å². The van der Waals surface area contributed by atoms with E-state index in [1.54, 1.807) is 13.0 Å². The van der Waals surface area contributed by atoms with Gasteiger partial charge in [-0.15, -0.1) is 0 Å². The molecule has 0 fully saturated rings. The van der Waals surface area contributed by atoms with Crippen molar-refractivity contribution in [2.24, 2.45) is 5.73 Å². The van der Waals surface area contributed by atoms with Gasteiger partial charge in [0.25, 0.3) is 0 Å². The normalized spacial score (nSPS) is 12.8. The summed E-state index contributed by atoms with van der Waals surface area (Å²) in [4.78, 5) is 23.9. The first kappa shape index (κ1) is 28.1. The molecule has 2 atom stereocenters. The zero-order chi connectivity index (χ0) is 26.1. The Morgan fingerprint density at radius 3 is 2.34 bits per heavy atom. The number of hydrogen-bond acceptors (Lipinski definition) is 7. The summed E-state index contributed by atoms with van der Waals surface area (Å²) in [6.45, 7) is 9.77. The number of methoxy groups -OCH3 is 1. The Labute approximate surface area is 207 Å². The molecule has 0 aliphatic carbocycles. The molecule has 192 valence electrons. The number of aromatic hydroxyl groups is 1. The second-order valence-electron chi connectivity index (χ2n) is 9.03. The van der Waals surface area contributed by atoms with Crippen LogP contribution in [0.25, 0.3) is 0 Å². The quantitative estimate of drug-likeness (QED) is 0.311. The highest BCUT2D eigenvalue weighted by atomic mass is 16.6. The largest absolute Gasteiger partial charge is 0.508 e. The third-order valence-corrected chi connectivity index (χ3v) is 5.97. The minimum atomic E-state index is -0.792. The Kier molecular flexibility index (Phi) is 10.5. The van der Waals surface area contributed by atoms with Crippen LogP contribution in [0, 0.1) is 13.8 Å². The van der Waals surface area contributed by atoms with Crippen molar-refractivity contribution in [3.05, 3.63) is 58.1 Å². The van der Waals surface area contributed by atoms with Gasteiger partial charge < -0.3 is 30.4 Å². The van der Waals surface area contributed by atoms with Crippen LogP contribution in [0.4, 0.5) is 0 Å². The molecule has 0 saturated carbocycles. The van der Waals surface area contributed by atoms with Crippen LogP contribution in [0.2, 0.25) is 0 Å². The average molecular weight is 487 g/mol. The maximum Gasteiger partial charge on any atom is 0.344 e. The highest BCUT2D eigenvalue weighted by Gasteiger charge is 2.20. The lowest BCUT2D eigenvalue weighted by molar-refractivity contribution is -0.146. The summed E-state index contributed by atoms with van der Waals surface area (Å²) in [7, 11) is 1.48. The van der Waals surface area contributed by atoms with Gasteiger partial charge in [0.15, 0.2) is 6.61 Å². The summed E-state index contributed by atoms with van der Waals surface area (Å²) in [5.74, 6) is 0.242. The number of nitrogens with one attached hydrogen (secondary N) is 1. The molecular weight excluding hydrogens is 448 g/mol. The molecule has 0 heterocycles. The van der Waals surface area contributed by atoms with Gasteiger partial charge in [0.05, 0.1) is 12.6 Å². The number of phenols is 1. The number of nitrogens with two attached hydrogens (primary N) is 1. The lowest BCUT2D eigenvalue weighted by atomic mass is 9.93. The zero-order valence-electron chi connectivity index (χ0n) is 21.5. The summed E-state index contributed by atoms with van der Waals surface area (Å²) in [6.07, 6.45) is 0.321. The van der Waals surface area contributed by atoms with E-state index < -0.39 is 18.1 Å². The molecule has 0 aliphatic rings. The fraction of sp³-hybridized carbons (Fsp3) is 0.481. The van der Waals surface area contributed by atoms with Gasteiger partial charge in [-0.05, 0) is 79.1 Å². The number of esters is 1. The summed E-state index contributed by atoms with van der Waals surface area (Å²) in [5.41, 5.74) is 11.1. The number of benzene rings is 2. The van der Waals surface area contributed by atoms with Gasteiger partial charge in [-0.2, -0.15) is 0 Å². The first-order valence-corrected chi connectivity index (χ1v) is 11.8. The second-order valence-corrected chi connectivity index (χ2v) is 9.03. The van der Waals surface area contributed by atoms with Crippen LogP contribution in [-0.4, -0.2) is 56.0 Å². The Morgan fingerprint density at radius 1 is 1.09 bits per heavy atom. The molecule has 2 aromatic rings. The van der Waals surface area contributed by atoms with Crippen LogP contribution in [0.15, 0.2) is 30.3 Å². The molecular formula is C27H38N2O6. The van der Waals surface area contributed by atoms with Gasteiger partial charge in [-0.25, -0.2) is 4.79 Å². The number of carbonyl (C=O) groups excluding carboxylic acids is 2. The Hall–Kier alpha value is -3.10. The molecule has 0 aromatic heterocycles. The van der Waals surface area contributed by atoms with Crippen LogP contribution >= 0.6 is 0 Å². The highest BCUT2D eigenvalue weighted by Crippen LogP contribution is 2.29. The molecule has 0 bridgehead atoms. The summed E-state index contributed by atoms with van der Waals surface area (Å²) in [6, 6.07) is 8.75. The van der Waals surface area contributed by atoms with E-state index in [2.05, 4.69) is 19.2 Å². The SMILES string of the molecule is COC(C)C(N)C(=O)NCCOC(=O)COc1cc(C)c(Cc2ccc(O)c(C(C)C)c2)c(C)c1. The van der Waals surface area contributed by atoms with Crippen molar-refractivity contribution in [2.75, 3.05) is 26.9 Å². The minimum Gasteiger partial charge on any atom is -0.508 e. The van der Waals surface area contributed by atoms with Crippen molar-refractivity contribution in [1.82, 2.24) is 5.32 Å². The fourth-order valence-corrected chi connectivity index (χ4v) is 3.70. The summed E-state index contributed by atoms with van der Waals surface area (Å²) >= 11 is 0. The number of hydrogen-bond donors (Lipinski definition) is 3. The molecule has 0 saturated heterocycles. The topological polar surface area (TPSA) is 120 Å². The monoisotopic (exact) mass is 486 g/mol. The van der Waals surface area contributed by atoms with Crippen molar-refractivity contribution in [1.29, 1.82) is 0 Å². The third-order valence-electron chi connectivity index (χ3n) is 5.97. The molecule has 0 aliphatic heterocycles. The Morgan fingerprint density at radius 2 is 1.74 bits per heavy atom. The number of aryl methyl sites for hydroxylation is 2. The average Bonchev–Trinajstić information content (AvgIpc) is 2.82. The van der Waals surface area contributed by atoms with Crippen molar-refractivity contribution in [3.63, 3.8) is 0 Å². The maximum atomic E-state index is 12.0. The molecule has 2 rings (SSSR count). The molecule has 0 spiro atoms. The lowest BCUT2D eigenvalue weighted by Crippen LogP contribution is -2.48. The van der Waals surface area contributed by atoms with Crippen molar-refractivity contribution >= 4 is 11.9 Å². The van der Waals surface area contributed by atoms with E-state index in [4.69, 9.17) is 19.9 Å². The van der Waals surface area contributed by atoms with Gasteiger partial charge >= 0.3 is 5.97 Å². The summed E-state index contributed by atoms with van der Waals surface area (Å²) < 4.78 is 15.8. The molecule has 2 aromatic carbocycles. The van der Waals surface area contributed by atoms with E-state index in [0.29, 0.717) is 11.5 Å². The van der Waals surface area contributed by atoms with Gasteiger partial charge in [0, 0.05) is 7.11 Å². The standard InChI is InChI=1S/C27H38N2O6/c1-16(2)22-13-20(7-8-24(22)30)14-23-17(3)11-21(12-18(23)4)35-15-25(31)34-10-9-29-27(32)26(28)19(5)33-6/h7-8,11-13,16,19,26,30H,9-10,14-15,28H2,1-6H3,(H,29,32). The number of phenolic OH excluding ortho intramolecular Hbond substituents is 1. The van der Waals surface area contributed by atoms with Crippen LogP contribution in [0.3, 0.4) is 0 Å². The molecule has 2 unspecified atom stereocenters. The maximum absolute atomic E-state index is 12.0. The van der Waals surface area contributed by atoms with Crippen molar-refractivity contribution < 1.29 is 28.9 Å². The number of ether oxygens (including phenoxy) is 3. The number of amides is 1.